The predicted molar refractivity (Wildman–Crippen MR) is 145 cm³/mol. The van der Waals surface area contributed by atoms with Crippen molar-refractivity contribution in [2.75, 3.05) is 37.4 Å². The number of rotatable bonds is 8. The molecule has 1 aliphatic rings. The van der Waals surface area contributed by atoms with Crippen LogP contribution in [0.4, 0.5) is 42.5 Å². The topological polar surface area (TPSA) is 111 Å². The molecule has 43 heavy (non-hydrogen) atoms. The van der Waals surface area contributed by atoms with Gasteiger partial charge in [-0.3, -0.25) is 9.59 Å². The van der Waals surface area contributed by atoms with Gasteiger partial charge in [-0.1, -0.05) is 6.92 Å². The minimum atomic E-state index is -4.52. The first-order chi connectivity index (χ1) is 20.0. The van der Waals surface area contributed by atoms with Gasteiger partial charge in [0.1, 0.15) is 11.9 Å². The maximum absolute atomic E-state index is 13.5. The summed E-state index contributed by atoms with van der Waals surface area (Å²) in [6, 6.07) is 6.68. The quantitative estimate of drug-likeness (QED) is 0.345. The van der Waals surface area contributed by atoms with Crippen molar-refractivity contribution >= 4 is 29.2 Å². The molecule has 3 rings (SSSR count). The normalized spacial score (nSPS) is 18.1. The molecule has 3 atom stereocenters. The molecule has 0 radical (unpaired) electrons. The number of fused-ring (bicyclic) bond motifs is 1. The molecule has 9 nitrogen and oxygen atoms in total. The van der Waals surface area contributed by atoms with Gasteiger partial charge >= 0.3 is 18.4 Å². The number of amides is 4. The summed E-state index contributed by atoms with van der Waals surface area (Å²) >= 11 is 0. The second-order valence-electron chi connectivity index (χ2n) is 10.4. The molecule has 0 spiro atoms. The van der Waals surface area contributed by atoms with Crippen molar-refractivity contribution in [2.45, 2.75) is 51.2 Å². The fourth-order valence-electron chi connectivity index (χ4n) is 4.31. The minimum Gasteiger partial charge on any atom is -0.487 e. The summed E-state index contributed by atoms with van der Waals surface area (Å²) in [6.45, 7) is 3.10. The molecule has 2 aromatic carbocycles. The summed E-state index contributed by atoms with van der Waals surface area (Å²) < 4.78 is 82.2. The molecule has 3 N–H and O–H groups in total. The lowest BCUT2D eigenvalue weighted by Gasteiger charge is -2.38. The molecular weight excluding hydrogens is 586 g/mol. The van der Waals surface area contributed by atoms with Crippen LogP contribution in [0.5, 0.6) is 5.75 Å². The Morgan fingerprint density at radius 3 is 2.28 bits per heavy atom. The smallest absolute Gasteiger partial charge is 0.416 e. The van der Waals surface area contributed by atoms with Gasteiger partial charge in [-0.25, -0.2) is 4.79 Å². The van der Waals surface area contributed by atoms with E-state index >= 15 is 0 Å². The number of nitrogens with zero attached hydrogens (tertiary/aromatic N) is 2. The summed E-state index contributed by atoms with van der Waals surface area (Å²) in [4.78, 5) is 41.0. The van der Waals surface area contributed by atoms with Crippen LogP contribution in [0.2, 0.25) is 0 Å². The summed E-state index contributed by atoms with van der Waals surface area (Å²) in [5.41, 5.74) is -0.671. The monoisotopic (exact) mass is 618 g/mol. The van der Waals surface area contributed by atoms with Crippen LogP contribution in [-0.4, -0.2) is 77.8 Å². The Hall–Kier alpha value is -4.01. The van der Waals surface area contributed by atoms with Crippen molar-refractivity contribution in [3.05, 3.63) is 53.6 Å². The standard InChI is InChI=1S/C28H32F6N4O5/c1-16-13-38(17(2)15-39)25(41)21-12-20(35-24(40)10-11-27(29,30)31)8-9-22(21)43-23(16)14-37(3)26(42)36-19-6-4-18(5-7-19)28(32,33)34/h4-9,12,16-17,23,39H,10-11,13-15H2,1-3H3,(H,35,40)(H,36,42)/t16-,17+,23+/m0/s1. The molecule has 0 saturated carbocycles. The van der Waals surface area contributed by atoms with E-state index in [1.807, 2.05) is 0 Å². The number of alkyl halides is 6. The molecule has 236 valence electrons. The zero-order valence-electron chi connectivity index (χ0n) is 23.6. The Morgan fingerprint density at radius 2 is 1.70 bits per heavy atom. The van der Waals surface area contributed by atoms with Gasteiger partial charge < -0.3 is 30.3 Å². The van der Waals surface area contributed by atoms with Crippen molar-refractivity contribution in [1.29, 1.82) is 0 Å². The highest BCUT2D eigenvalue weighted by Gasteiger charge is 2.35. The molecular formula is C28H32F6N4O5. The van der Waals surface area contributed by atoms with Gasteiger partial charge in [0.2, 0.25) is 5.91 Å². The Bertz CT molecular complexity index is 1300. The average molecular weight is 619 g/mol. The van der Waals surface area contributed by atoms with Crippen LogP contribution in [-0.2, 0) is 11.0 Å². The number of aliphatic hydroxyl groups excluding tert-OH is 1. The number of likely N-dealkylation sites (N-methyl/N-ethyl adjacent to an activating group) is 1. The molecule has 0 aromatic heterocycles. The number of ether oxygens (including phenoxy) is 1. The number of nitrogens with one attached hydrogen (secondary N) is 2. The predicted octanol–water partition coefficient (Wildman–Crippen LogP) is 5.37. The molecule has 2 aromatic rings. The van der Waals surface area contributed by atoms with E-state index in [4.69, 9.17) is 4.74 Å². The second kappa shape index (κ2) is 13.5. The van der Waals surface area contributed by atoms with Crippen LogP contribution in [0.3, 0.4) is 0 Å². The molecule has 1 heterocycles. The Kier molecular flexibility index (Phi) is 10.5. The highest BCUT2D eigenvalue weighted by molar-refractivity contribution is 6.00. The summed E-state index contributed by atoms with van der Waals surface area (Å²) in [5, 5.41) is 14.6. The van der Waals surface area contributed by atoms with Crippen molar-refractivity contribution in [1.82, 2.24) is 9.80 Å². The number of benzene rings is 2. The fourth-order valence-corrected chi connectivity index (χ4v) is 4.31. The maximum atomic E-state index is 13.5. The van der Waals surface area contributed by atoms with E-state index in [9.17, 15) is 45.8 Å². The van der Waals surface area contributed by atoms with Crippen LogP contribution in [0.25, 0.3) is 0 Å². The van der Waals surface area contributed by atoms with Crippen LogP contribution >= 0.6 is 0 Å². The number of aliphatic hydroxyl groups is 1. The average Bonchev–Trinajstić information content (AvgIpc) is 2.93. The number of carbonyl (C=O) groups excluding carboxylic acids is 3. The largest absolute Gasteiger partial charge is 0.487 e. The van der Waals surface area contributed by atoms with Gasteiger partial charge in [0, 0.05) is 37.3 Å². The van der Waals surface area contributed by atoms with Crippen molar-refractivity contribution < 1.29 is 50.6 Å². The fraction of sp³-hybridized carbons (Fsp3) is 0.464. The SMILES string of the molecule is C[C@H](CO)N1C[C@H](C)[C@@H](CN(C)C(=O)Nc2ccc(C(F)(F)F)cc2)Oc2ccc(NC(=O)CCC(F)(F)F)cc2C1=O. The number of urea groups is 1. The number of anilines is 2. The van der Waals surface area contributed by atoms with E-state index < -0.39 is 60.7 Å². The molecule has 0 unspecified atom stereocenters. The van der Waals surface area contributed by atoms with Crippen LogP contribution < -0.4 is 15.4 Å². The molecule has 0 saturated heterocycles. The highest BCUT2D eigenvalue weighted by Crippen LogP contribution is 2.32. The van der Waals surface area contributed by atoms with Gasteiger partial charge in [0.05, 0.1) is 36.7 Å². The zero-order chi connectivity index (χ0) is 32.1. The lowest BCUT2D eigenvalue weighted by Crippen LogP contribution is -2.50. The van der Waals surface area contributed by atoms with E-state index in [1.54, 1.807) is 13.8 Å². The van der Waals surface area contributed by atoms with Crippen molar-refractivity contribution in [3.8, 4) is 5.75 Å². The zero-order valence-corrected chi connectivity index (χ0v) is 23.6. The summed E-state index contributed by atoms with van der Waals surface area (Å²) in [6.07, 6.45) is -11.9. The first-order valence-electron chi connectivity index (χ1n) is 13.3. The van der Waals surface area contributed by atoms with Crippen LogP contribution in [0, 0.1) is 5.92 Å². The van der Waals surface area contributed by atoms with E-state index in [0.29, 0.717) is 0 Å². The molecule has 15 heteroatoms. The lowest BCUT2D eigenvalue weighted by molar-refractivity contribution is -0.142. The number of halogens is 6. The third-order valence-corrected chi connectivity index (χ3v) is 6.85. The first kappa shape index (κ1) is 33.5. The summed E-state index contributed by atoms with van der Waals surface area (Å²) in [7, 11) is 1.45. The van der Waals surface area contributed by atoms with E-state index in [1.165, 1.54) is 35.0 Å². The van der Waals surface area contributed by atoms with Gasteiger partial charge in [-0.05, 0) is 49.4 Å². The maximum Gasteiger partial charge on any atom is 0.416 e. The lowest BCUT2D eigenvalue weighted by atomic mass is 9.99. The van der Waals surface area contributed by atoms with E-state index in [2.05, 4.69) is 10.6 Å². The Labute approximate surface area is 243 Å². The van der Waals surface area contributed by atoms with Gasteiger partial charge in [-0.15, -0.1) is 0 Å². The number of hydrogen-bond donors (Lipinski definition) is 3. The van der Waals surface area contributed by atoms with E-state index in [0.717, 1.165) is 24.3 Å². The van der Waals surface area contributed by atoms with Crippen molar-refractivity contribution in [2.24, 2.45) is 5.92 Å². The third-order valence-electron chi connectivity index (χ3n) is 6.85. The third kappa shape index (κ3) is 9.24. The number of carbonyl (C=O) groups is 3. The Morgan fingerprint density at radius 1 is 1.07 bits per heavy atom. The molecule has 4 amide bonds. The van der Waals surface area contributed by atoms with Gasteiger partial charge in [0.15, 0.2) is 0 Å². The van der Waals surface area contributed by atoms with Gasteiger partial charge in [-0.2, -0.15) is 26.3 Å². The molecule has 0 aliphatic carbocycles. The number of hydrogen-bond acceptors (Lipinski definition) is 5. The van der Waals surface area contributed by atoms with Crippen LogP contribution in [0.1, 0.15) is 42.6 Å². The minimum absolute atomic E-state index is 0.0114. The van der Waals surface area contributed by atoms with Gasteiger partial charge in [0.25, 0.3) is 5.91 Å². The first-order valence-corrected chi connectivity index (χ1v) is 13.3. The molecule has 1 aliphatic heterocycles. The second-order valence-corrected chi connectivity index (χ2v) is 10.4. The summed E-state index contributed by atoms with van der Waals surface area (Å²) in [5.74, 6) is -1.73. The van der Waals surface area contributed by atoms with Crippen molar-refractivity contribution in [3.63, 3.8) is 0 Å². The van der Waals surface area contributed by atoms with E-state index in [-0.39, 0.29) is 48.3 Å². The van der Waals surface area contributed by atoms with Crippen LogP contribution in [0.15, 0.2) is 42.5 Å². The molecule has 0 bridgehead atoms. The highest BCUT2D eigenvalue weighted by atomic mass is 19.4. The Balaban J connectivity index is 1.81. The molecule has 0 fully saturated rings.